The van der Waals surface area contributed by atoms with Crippen LogP contribution in [0.2, 0.25) is 0 Å². The molecule has 90 valence electrons. The summed E-state index contributed by atoms with van der Waals surface area (Å²) in [4.78, 5) is 24.7. The topological polar surface area (TPSA) is 97.2 Å². The molecule has 1 amide bonds. The molecule has 1 rings (SSSR count). The van der Waals surface area contributed by atoms with Crippen LogP contribution in [0.4, 0.5) is 0 Å². The molecule has 0 saturated heterocycles. The third kappa shape index (κ3) is 4.13. The molecule has 0 bridgehead atoms. The summed E-state index contributed by atoms with van der Waals surface area (Å²) in [6.45, 7) is 0.738. The number of H-pyrrole nitrogens is 1. The van der Waals surface area contributed by atoms with Gasteiger partial charge in [-0.25, -0.2) is 0 Å². The maximum absolute atomic E-state index is 11.4. The number of amides is 1. The number of hydrogen-bond acceptors (Lipinski definition) is 5. The van der Waals surface area contributed by atoms with Crippen LogP contribution >= 0.6 is 11.3 Å². The number of rotatable bonds is 6. The first-order chi connectivity index (χ1) is 7.63. The Balaban J connectivity index is 2.32. The third-order valence-corrected chi connectivity index (χ3v) is 2.71. The summed E-state index contributed by atoms with van der Waals surface area (Å²) in [6, 6.07) is -0.578. The van der Waals surface area contributed by atoms with Crippen molar-refractivity contribution in [1.29, 1.82) is 0 Å². The highest BCUT2D eigenvalue weighted by Crippen LogP contribution is 1.95. The first-order valence-corrected chi connectivity index (χ1v) is 5.70. The summed E-state index contributed by atoms with van der Waals surface area (Å²) in [5.41, 5.74) is 6.29. The number of carbonyl (C=O) groups excluding carboxylic acids is 1. The molecule has 1 aromatic rings. The monoisotopic (exact) mass is 245 g/mol. The van der Waals surface area contributed by atoms with Crippen LogP contribution in [0.15, 0.2) is 10.2 Å². The van der Waals surface area contributed by atoms with E-state index in [-0.39, 0.29) is 17.3 Å². The molecule has 1 aromatic heterocycles. The lowest BCUT2D eigenvalue weighted by atomic mass is 10.2. The summed E-state index contributed by atoms with van der Waals surface area (Å²) in [7, 11) is 1.56. The van der Waals surface area contributed by atoms with Gasteiger partial charge in [0.05, 0.1) is 12.6 Å². The van der Waals surface area contributed by atoms with Crippen molar-refractivity contribution in [2.24, 2.45) is 5.73 Å². The predicted molar refractivity (Wildman–Crippen MR) is 61.3 cm³/mol. The second kappa shape index (κ2) is 6.41. The van der Waals surface area contributed by atoms with E-state index in [4.69, 9.17) is 10.5 Å². The zero-order valence-corrected chi connectivity index (χ0v) is 9.80. The molecule has 1 unspecified atom stereocenters. The minimum atomic E-state index is -0.578. The van der Waals surface area contributed by atoms with E-state index in [1.165, 1.54) is 0 Å². The largest absolute Gasteiger partial charge is 0.385 e. The van der Waals surface area contributed by atoms with E-state index < -0.39 is 6.04 Å². The second-order valence-electron chi connectivity index (χ2n) is 3.28. The number of nitrogens with two attached hydrogens (primary N) is 1. The molecule has 16 heavy (non-hydrogen) atoms. The molecular weight excluding hydrogens is 230 g/mol. The number of hydrogen-bond donors (Lipinski definition) is 3. The van der Waals surface area contributed by atoms with E-state index >= 15 is 0 Å². The molecule has 0 fully saturated rings. The molecule has 4 N–H and O–H groups in total. The summed E-state index contributed by atoms with van der Waals surface area (Å²) in [5, 5.41) is 4.31. The van der Waals surface area contributed by atoms with E-state index in [9.17, 15) is 9.59 Å². The Morgan fingerprint density at radius 2 is 2.50 bits per heavy atom. The fourth-order valence-electron chi connectivity index (χ4n) is 1.09. The van der Waals surface area contributed by atoms with Crippen LogP contribution in [-0.4, -0.2) is 30.6 Å². The minimum Gasteiger partial charge on any atom is -0.385 e. The molecule has 1 atom stereocenters. The minimum absolute atomic E-state index is 0.132. The zero-order chi connectivity index (χ0) is 12.0. The van der Waals surface area contributed by atoms with Gasteiger partial charge >= 0.3 is 4.87 Å². The standard InChI is InChI=1S/C9H15N3O3S/c1-15-3-2-7(10)8(13)11-4-6-5-16-9(14)12-6/h5,7H,2-4,10H2,1H3,(H,11,13)(H,12,14). The van der Waals surface area contributed by atoms with Gasteiger partial charge in [0.1, 0.15) is 0 Å². The fraction of sp³-hybridized carbons (Fsp3) is 0.556. The van der Waals surface area contributed by atoms with Gasteiger partial charge in [-0.1, -0.05) is 11.3 Å². The van der Waals surface area contributed by atoms with Gasteiger partial charge in [-0.3, -0.25) is 9.59 Å². The van der Waals surface area contributed by atoms with E-state index in [0.29, 0.717) is 18.7 Å². The molecule has 6 nitrogen and oxygen atoms in total. The smallest absolute Gasteiger partial charge is 0.304 e. The van der Waals surface area contributed by atoms with E-state index in [0.717, 1.165) is 11.3 Å². The molecule has 7 heteroatoms. The Hall–Kier alpha value is -1.18. The van der Waals surface area contributed by atoms with Gasteiger partial charge in [0.15, 0.2) is 0 Å². The van der Waals surface area contributed by atoms with Gasteiger partial charge in [-0.15, -0.1) is 0 Å². The number of carbonyl (C=O) groups is 1. The summed E-state index contributed by atoms with van der Waals surface area (Å²) in [6.07, 6.45) is 0.475. The van der Waals surface area contributed by atoms with E-state index in [1.807, 2.05) is 0 Å². The summed E-state index contributed by atoms with van der Waals surface area (Å²) in [5.74, 6) is -0.246. The van der Waals surface area contributed by atoms with Crippen molar-refractivity contribution in [3.05, 3.63) is 20.7 Å². The Bertz CT molecular complexity index is 387. The lowest BCUT2D eigenvalue weighted by Crippen LogP contribution is -2.40. The van der Waals surface area contributed by atoms with Gasteiger partial charge in [-0.2, -0.15) is 0 Å². The molecule has 0 aliphatic carbocycles. The first-order valence-electron chi connectivity index (χ1n) is 4.82. The van der Waals surface area contributed by atoms with Gasteiger partial charge in [0, 0.05) is 24.8 Å². The van der Waals surface area contributed by atoms with E-state index in [1.54, 1.807) is 12.5 Å². The predicted octanol–water partition coefficient (Wildman–Crippen LogP) is -0.584. The molecule has 0 aromatic carbocycles. The van der Waals surface area contributed by atoms with Gasteiger partial charge in [-0.05, 0) is 6.42 Å². The third-order valence-electron chi connectivity index (χ3n) is 1.99. The molecule has 0 aliphatic heterocycles. The Kier molecular flexibility index (Phi) is 5.17. The molecule has 0 aliphatic rings. The van der Waals surface area contributed by atoms with Crippen molar-refractivity contribution in [1.82, 2.24) is 10.3 Å². The lowest BCUT2D eigenvalue weighted by Gasteiger charge is -2.10. The Morgan fingerprint density at radius 3 is 3.06 bits per heavy atom. The van der Waals surface area contributed by atoms with E-state index in [2.05, 4.69) is 10.3 Å². The number of aromatic amines is 1. The van der Waals surface area contributed by atoms with Crippen LogP contribution in [0.25, 0.3) is 0 Å². The van der Waals surface area contributed by atoms with Crippen LogP contribution in [0.3, 0.4) is 0 Å². The van der Waals surface area contributed by atoms with Crippen LogP contribution in [0.5, 0.6) is 0 Å². The van der Waals surface area contributed by atoms with Crippen LogP contribution < -0.4 is 15.9 Å². The number of methoxy groups -OCH3 is 1. The summed E-state index contributed by atoms with van der Waals surface area (Å²) >= 11 is 1.06. The highest BCUT2D eigenvalue weighted by Gasteiger charge is 2.12. The van der Waals surface area contributed by atoms with Crippen molar-refractivity contribution >= 4 is 17.2 Å². The SMILES string of the molecule is COCCC(N)C(=O)NCc1csc(=O)[nH]1. The zero-order valence-electron chi connectivity index (χ0n) is 8.99. The second-order valence-corrected chi connectivity index (χ2v) is 4.12. The molecule has 0 radical (unpaired) electrons. The van der Waals surface area contributed by atoms with Crippen molar-refractivity contribution in [3.8, 4) is 0 Å². The maximum atomic E-state index is 11.4. The number of thiazole rings is 1. The molecule has 0 spiro atoms. The van der Waals surface area contributed by atoms with Crippen molar-refractivity contribution in [2.75, 3.05) is 13.7 Å². The average molecular weight is 245 g/mol. The lowest BCUT2D eigenvalue weighted by molar-refractivity contribution is -0.122. The molecule has 0 saturated carbocycles. The fourth-order valence-corrected chi connectivity index (χ4v) is 1.67. The average Bonchev–Trinajstić information content (AvgIpc) is 2.68. The van der Waals surface area contributed by atoms with Crippen LogP contribution in [0.1, 0.15) is 12.1 Å². The van der Waals surface area contributed by atoms with Gasteiger partial charge in [0.25, 0.3) is 0 Å². The van der Waals surface area contributed by atoms with Crippen molar-refractivity contribution < 1.29 is 9.53 Å². The quantitative estimate of drug-likeness (QED) is 0.624. The summed E-state index contributed by atoms with van der Waals surface area (Å²) < 4.78 is 4.82. The Morgan fingerprint density at radius 1 is 1.75 bits per heavy atom. The molecular formula is C9H15N3O3S. The Labute approximate surface area is 96.8 Å². The maximum Gasteiger partial charge on any atom is 0.304 e. The van der Waals surface area contributed by atoms with Gasteiger partial charge < -0.3 is 20.8 Å². The number of ether oxygens (including phenoxy) is 1. The van der Waals surface area contributed by atoms with Crippen LogP contribution in [0, 0.1) is 0 Å². The van der Waals surface area contributed by atoms with Gasteiger partial charge in [0.2, 0.25) is 5.91 Å². The van der Waals surface area contributed by atoms with Crippen molar-refractivity contribution in [2.45, 2.75) is 19.0 Å². The number of nitrogens with one attached hydrogen (secondary N) is 2. The highest BCUT2D eigenvalue weighted by molar-refractivity contribution is 7.07. The number of aromatic nitrogens is 1. The highest BCUT2D eigenvalue weighted by atomic mass is 32.1. The van der Waals surface area contributed by atoms with Crippen LogP contribution in [-0.2, 0) is 16.1 Å². The first kappa shape index (κ1) is 12.9. The normalized spacial score (nSPS) is 12.4. The van der Waals surface area contributed by atoms with Crippen molar-refractivity contribution in [3.63, 3.8) is 0 Å². The molecule has 1 heterocycles.